The van der Waals surface area contributed by atoms with E-state index in [1.165, 1.54) is 24.3 Å². The minimum atomic E-state index is -1.04. The first kappa shape index (κ1) is 14.5. The lowest BCUT2D eigenvalue weighted by Gasteiger charge is -2.14. The third-order valence-electron chi connectivity index (χ3n) is 3.88. The fraction of sp³-hybridized carbons (Fsp3) is 0.467. The number of amides is 1. The lowest BCUT2D eigenvalue weighted by atomic mass is 9.99. The molecular formula is C15H18FNO3. The fourth-order valence-corrected chi connectivity index (χ4v) is 2.28. The minimum Gasteiger partial charge on any atom is -0.481 e. The van der Waals surface area contributed by atoms with E-state index in [-0.39, 0.29) is 23.8 Å². The van der Waals surface area contributed by atoms with Gasteiger partial charge in [-0.25, -0.2) is 4.39 Å². The van der Waals surface area contributed by atoms with Crippen LogP contribution in [0.15, 0.2) is 24.3 Å². The third-order valence-corrected chi connectivity index (χ3v) is 3.88. The molecule has 0 heterocycles. The predicted octanol–water partition coefficient (Wildman–Crippen LogP) is 2.16. The average Bonchev–Trinajstić information content (AvgIpc) is 3.00. The average molecular weight is 279 g/mol. The number of carbonyl (C=O) groups excluding carboxylic acids is 1. The lowest BCUT2D eigenvalue weighted by molar-refractivity contribution is -0.138. The van der Waals surface area contributed by atoms with Crippen molar-refractivity contribution in [3.8, 4) is 0 Å². The van der Waals surface area contributed by atoms with Gasteiger partial charge < -0.3 is 10.4 Å². The number of hydrogen-bond acceptors (Lipinski definition) is 2. The highest BCUT2D eigenvalue weighted by Crippen LogP contribution is 2.51. The summed E-state index contributed by atoms with van der Waals surface area (Å²) in [6.07, 6.45) is 0.827. The van der Waals surface area contributed by atoms with Gasteiger partial charge in [-0.2, -0.15) is 0 Å². The summed E-state index contributed by atoms with van der Waals surface area (Å²) in [5.41, 5.74) is 0.493. The molecule has 5 heteroatoms. The quantitative estimate of drug-likeness (QED) is 0.868. The van der Waals surface area contributed by atoms with Crippen LogP contribution in [0.2, 0.25) is 0 Å². The van der Waals surface area contributed by atoms with Gasteiger partial charge in [0.05, 0.1) is 5.92 Å². The zero-order valence-corrected chi connectivity index (χ0v) is 11.5. The first-order valence-electron chi connectivity index (χ1n) is 6.57. The predicted molar refractivity (Wildman–Crippen MR) is 71.7 cm³/mol. The summed E-state index contributed by atoms with van der Waals surface area (Å²) in [5, 5.41) is 11.9. The lowest BCUT2D eigenvalue weighted by Crippen LogP contribution is -2.33. The molecule has 1 unspecified atom stereocenters. The largest absolute Gasteiger partial charge is 0.481 e. The zero-order chi connectivity index (χ0) is 14.9. The second kappa shape index (κ2) is 5.23. The topological polar surface area (TPSA) is 66.4 Å². The van der Waals surface area contributed by atoms with Crippen LogP contribution in [0.3, 0.4) is 0 Å². The van der Waals surface area contributed by atoms with Crippen LogP contribution in [0.25, 0.3) is 0 Å². The van der Waals surface area contributed by atoms with Gasteiger partial charge in [-0.05, 0) is 29.5 Å². The Bertz CT molecular complexity index is 524. The maximum atomic E-state index is 12.8. The van der Waals surface area contributed by atoms with E-state index < -0.39 is 17.7 Å². The molecule has 0 bridgehead atoms. The monoisotopic (exact) mass is 279 g/mol. The number of benzene rings is 1. The Labute approximate surface area is 117 Å². The first-order valence-corrected chi connectivity index (χ1v) is 6.57. The molecule has 2 atom stereocenters. The zero-order valence-electron chi connectivity index (χ0n) is 11.5. The van der Waals surface area contributed by atoms with Gasteiger partial charge in [0.25, 0.3) is 0 Å². The molecule has 1 aliphatic carbocycles. The molecule has 0 saturated heterocycles. The molecule has 1 amide bonds. The number of carboxylic acids is 1. The molecule has 1 aromatic carbocycles. The van der Waals surface area contributed by atoms with E-state index in [4.69, 9.17) is 0 Å². The van der Waals surface area contributed by atoms with Crippen LogP contribution in [0.5, 0.6) is 0 Å². The Morgan fingerprint density at radius 1 is 1.40 bits per heavy atom. The van der Waals surface area contributed by atoms with Crippen molar-refractivity contribution < 1.29 is 19.1 Å². The van der Waals surface area contributed by atoms with Crippen LogP contribution in [0.1, 0.15) is 31.7 Å². The Morgan fingerprint density at radius 3 is 2.40 bits per heavy atom. The summed E-state index contributed by atoms with van der Waals surface area (Å²) in [6.45, 7) is 4.03. The van der Waals surface area contributed by atoms with Gasteiger partial charge in [-0.3, -0.25) is 9.59 Å². The van der Waals surface area contributed by atoms with Crippen molar-refractivity contribution in [3.05, 3.63) is 35.6 Å². The van der Waals surface area contributed by atoms with E-state index in [9.17, 15) is 19.1 Å². The number of carbonyl (C=O) groups is 2. The van der Waals surface area contributed by atoms with Gasteiger partial charge in [-0.1, -0.05) is 26.0 Å². The second-order valence-corrected chi connectivity index (χ2v) is 5.93. The highest BCUT2D eigenvalue weighted by molar-refractivity contribution is 5.83. The van der Waals surface area contributed by atoms with Crippen molar-refractivity contribution in [1.29, 1.82) is 0 Å². The van der Waals surface area contributed by atoms with Crippen molar-refractivity contribution in [3.63, 3.8) is 0 Å². The summed E-state index contributed by atoms with van der Waals surface area (Å²) in [6, 6.07) is 5.30. The van der Waals surface area contributed by atoms with E-state index in [2.05, 4.69) is 5.32 Å². The van der Waals surface area contributed by atoms with Crippen molar-refractivity contribution >= 4 is 11.9 Å². The molecule has 2 rings (SSSR count). The summed E-state index contributed by atoms with van der Waals surface area (Å²) in [7, 11) is 0. The molecule has 1 aliphatic rings. The number of nitrogens with one attached hydrogen (secondary N) is 1. The maximum Gasteiger partial charge on any atom is 0.312 e. The fourth-order valence-electron chi connectivity index (χ4n) is 2.28. The first-order chi connectivity index (χ1) is 9.31. The number of halogens is 1. The molecule has 20 heavy (non-hydrogen) atoms. The highest BCUT2D eigenvalue weighted by Gasteiger charge is 2.50. The van der Waals surface area contributed by atoms with E-state index in [1.54, 1.807) is 0 Å². The minimum absolute atomic E-state index is 0.0126. The normalized spacial score (nSPS) is 21.1. The van der Waals surface area contributed by atoms with Gasteiger partial charge >= 0.3 is 5.97 Å². The Kier molecular flexibility index (Phi) is 3.79. The van der Waals surface area contributed by atoms with Crippen LogP contribution in [0.4, 0.5) is 4.39 Å². The van der Waals surface area contributed by atoms with E-state index >= 15 is 0 Å². The van der Waals surface area contributed by atoms with Crippen LogP contribution in [-0.4, -0.2) is 23.5 Å². The van der Waals surface area contributed by atoms with Gasteiger partial charge in [0, 0.05) is 12.5 Å². The third kappa shape index (κ3) is 3.15. The molecule has 0 aromatic heterocycles. The highest BCUT2D eigenvalue weighted by atomic mass is 19.1. The summed E-state index contributed by atoms with van der Waals surface area (Å²) >= 11 is 0. The second-order valence-electron chi connectivity index (χ2n) is 5.93. The van der Waals surface area contributed by atoms with E-state index in [0.717, 1.165) is 6.42 Å². The molecule has 1 aromatic rings. The molecule has 0 aliphatic heterocycles. The smallest absolute Gasteiger partial charge is 0.312 e. The molecule has 4 nitrogen and oxygen atoms in total. The number of hydrogen-bond donors (Lipinski definition) is 2. The van der Waals surface area contributed by atoms with Crippen LogP contribution >= 0.6 is 0 Å². The van der Waals surface area contributed by atoms with E-state index in [1.807, 2.05) is 13.8 Å². The SMILES string of the molecule is CC1(C)C[C@@H]1C(=O)NCC(C(=O)O)c1ccc(F)cc1. The summed E-state index contributed by atoms with van der Waals surface area (Å²) in [4.78, 5) is 23.1. The van der Waals surface area contributed by atoms with Gasteiger partial charge in [0.2, 0.25) is 5.91 Å². The summed E-state index contributed by atoms with van der Waals surface area (Å²) < 4.78 is 12.8. The number of rotatable bonds is 5. The standard InChI is InChI=1S/C15H18FNO3/c1-15(2)7-12(15)13(18)17-8-11(14(19)20)9-3-5-10(16)6-4-9/h3-6,11-12H,7-8H2,1-2H3,(H,17,18)(H,19,20)/t11?,12-/m1/s1. The van der Waals surface area contributed by atoms with Crippen LogP contribution in [0, 0.1) is 17.2 Å². The van der Waals surface area contributed by atoms with Crippen molar-refractivity contribution in [2.24, 2.45) is 11.3 Å². The van der Waals surface area contributed by atoms with Gasteiger partial charge in [-0.15, -0.1) is 0 Å². The molecule has 0 radical (unpaired) electrons. The Hall–Kier alpha value is -1.91. The maximum absolute atomic E-state index is 12.8. The number of carboxylic acid groups (broad SMARTS) is 1. The molecular weight excluding hydrogens is 261 g/mol. The van der Waals surface area contributed by atoms with Crippen molar-refractivity contribution in [2.45, 2.75) is 26.2 Å². The molecule has 108 valence electrons. The molecule has 2 N–H and O–H groups in total. The van der Waals surface area contributed by atoms with Crippen LogP contribution in [-0.2, 0) is 9.59 Å². The Balaban J connectivity index is 1.98. The molecule has 1 saturated carbocycles. The summed E-state index contributed by atoms with van der Waals surface area (Å²) in [5.74, 6) is -2.46. The van der Waals surface area contributed by atoms with Gasteiger partial charge in [0.1, 0.15) is 5.82 Å². The van der Waals surface area contributed by atoms with Crippen molar-refractivity contribution in [2.75, 3.05) is 6.54 Å². The number of aliphatic carboxylic acids is 1. The molecule has 0 spiro atoms. The van der Waals surface area contributed by atoms with Crippen molar-refractivity contribution in [1.82, 2.24) is 5.32 Å². The van der Waals surface area contributed by atoms with E-state index in [0.29, 0.717) is 5.56 Å². The molecule has 1 fully saturated rings. The Morgan fingerprint density at radius 2 is 1.95 bits per heavy atom. The van der Waals surface area contributed by atoms with Gasteiger partial charge in [0.15, 0.2) is 0 Å². The van der Waals surface area contributed by atoms with Crippen LogP contribution < -0.4 is 5.32 Å².